The Hall–Kier alpha value is -1.55. The maximum atomic E-state index is 11.9. The van der Waals surface area contributed by atoms with Crippen molar-refractivity contribution >= 4 is 5.91 Å². The zero-order valence-corrected chi connectivity index (χ0v) is 12.9. The predicted octanol–water partition coefficient (Wildman–Crippen LogP) is 2.34. The van der Waals surface area contributed by atoms with Crippen LogP contribution in [0.4, 0.5) is 0 Å². The summed E-state index contributed by atoms with van der Waals surface area (Å²) in [6, 6.07) is 7.79. The Bertz CT molecular complexity index is 419. The van der Waals surface area contributed by atoms with E-state index in [1.807, 2.05) is 31.3 Å². The Labute approximate surface area is 121 Å². The van der Waals surface area contributed by atoms with Crippen molar-refractivity contribution in [2.75, 3.05) is 13.6 Å². The molecule has 0 bridgehead atoms. The normalized spacial score (nSPS) is 12.2. The Morgan fingerprint density at radius 3 is 2.70 bits per heavy atom. The van der Waals surface area contributed by atoms with E-state index in [1.54, 1.807) is 6.92 Å². The fourth-order valence-electron chi connectivity index (χ4n) is 1.82. The Kier molecular flexibility index (Phi) is 7.09. The van der Waals surface area contributed by atoms with E-state index in [9.17, 15) is 4.79 Å². The third kappa shape index (κ3) is 6.06. The molecule has 0 fully saturated rings. The number of ether oxygens (including phenoxy) is 1. The van der Waals surface area contributed by atoms with Crippen LogP contribution in [0.5, 0.6) is 5.75 Å². The molecule has 0 heterocycles. The highest BCUT2D eigenvalue weighted by molar-refractivity contribution is 5.80. The van der Waals surface area contributed by atoms with Crippen molar-refractivity contribution in [3.63, 3.8) is 0 Å². The lowest BCUT2D eigenvalue weighted by atomic mass is 10.1. The molecular weight excluding hydrogens is 252 g/mol. The molecule has 2 N–H and O–H groups in total. The van der Waals surface area contributed by atoms with Crippen LogP contribution in [-0.4, -0.2) is 25.6 Å². The number of hydrogen-bond acceptors (Lipinski definition) is 3. The van der Waals surface area contributed by atoms with Gasteiger partial charge in [-0.15, -0.1) is 0 Å². The van der Waals surface area contributed by atoms with Crippen LogP contribution in [-0.2, 0) is 11.3 Å². The van der Waals surface area contributed by atoms with Crippen LogP contribution in [0.3, 0.4) is 0 Å². The van der Waals surface area contributed by atoms with Gasteiger partial charge in [-0.3, -0.25) is 4.79 Å². The average molecular weight is 278 g/mol. The number of amides is 1. The number of benzene rings is 1. The van der Waals surface area contributed by atoms with E-state index in [2.05, 4.69) is 24.5 Å². The lowest BCUT2D eigenvalue weighted by Gasteiger charge is -2.16. The SMILES string of the molecule is CNCc1cccc(OC(C)C(=O)NCCC(C)C)c1. The summed E-state index contributed by atoms with van der Waals surface area (Å²) in [5.41, 5.74) is 1.14. The van der Waals surface area contributed by atoms with Gasteiger partial charge in [-0.2, -0.15) is 0 Å². The van der Waals surface area contributed by atoms with E-state index in [-0.39, 0.29) is 5.91 Å². The van der Waals surface area contributed by atoms with E-state index in [0.717, 1.165) is 24.3 Å². The van der Waals surface area contributed by atoms with E-state index >= 15 is 0 Å². The topological polar surface area (TPSA) is 50.4 Å². The van der Waals surface area contributed by atoms with Gasteiger partial charge in [0.15, 0.2) is 6.10 Å². The first kappa shape index (κ1) is 16.5. The highest BCUT2D eigenvalue weighted by Crippen LogP contribution is 2.15. The summed E-state index contributed by atoms with van der Waals surface area (Å²) in [5, 5.41) is 5.99. The quantitative estimate of drug-likeness (QED) is 0.767. The summed E-state index contributed by atoms with van der Waals surface area (Å²) in [7, 11) is 1.90. The molecule has 0 aliphatic rings. The van der Waals surface area contributed by atoms with Crippen molar-refractivity contribution in [3.8, 4) is 5.75 Å². The molecule has 112 valence electrons. The van der Waals surface area contributed by atoms with Crippen molar-refractivity contribution in [1.29, 1.82) is 0 Å². The minimum absolute atomic E-state index is 0.0651. The molecule has 0 spiro atoms. The predicted molar refractivity (Wildman–Crippen MR) is 81.8 cm³/mol. The largest absolute Gasteiger partial charge is 0.481 e. The van der Waals surface area contributed by atoms with Crippen LogP contribution >= 0.6 is 0 Å². The Morgan fingerprint density at radius 2 is 2.05 bits per heavy atom. The smallest absolute Gasteiger partial charge is 0.260 e. The van der Waals surface area contributed by atoms with E-state index in [0.29, 0.717) is 12.5 Å². The summed E-state index contributed by atoms with van der Waals surface area (Å²) in [5.74, 6) is 1.25. The molecule has 4 nitrogen and oxygen atoms in total. The van der Waals surface area contributed by atoms with Crippen molar-refractivity contribution in [3.05, 3.63) is 29.8 Å². The van der Waals surface area contributed by atoms with Crippen molar-refractivity contribution < 1.29 is 9.53 Å². The minimum Gasteiger partial charge on any atom is -0.481 e. The molecule has 1 atom stereocenters. The van der Waals surface area contributed by atoms with Gasteiger partial charge in [-0.1, -0.05) is 26.0 Å². The second-order valence-corrected chi connectivity index (χ2v) is 5.41. The van der Waals surface area contributed by atoms with Gasteiger partial charge in [0.25, 0.3) is 5.91 Å². The summed E-state index contributed by atoms with van der Waals surface area (Å²) < 4.78 is 5.68. The zero-order chi connectivity index (χ0) is 15.0. The molecule has 1 rings (SSSR count). The molecule has 1 aromatic carbocycles. The summed E-state index contributed by atoms with van der Waals surface area (Å²) in [4.78, 5) is 11.9. The molecule has 0 radical (unpaired) electrons. The minimum atomic E-state index is -0.480. The maximum absolute atomic E-state index is 11.9. The Balaban J connectivity index is 2.46. The standard InChI is InChI=1S/C16H26N2O2/c1-12(2)8-9-18-16(19)13(3)20-15-7-5-6-14(10-15)11-17-4/h5-7,10,12-13,17H,8-9,11H2,1-4H3,(H,18,19). The van der Waals surface area contributed by atoms with Crippen LogP contribution in [0.15, 0.2) is 24.3 Å². The molecule has 1 unspecified atom stereocenters. The van der Waals surface area contributed by atoms with Crippen molar-refractivity contribution in [1.82, 2.24) is 10.6 Å². The van der Waals surface area contributed by atoms with Gasteiger partial charge in [0.05, 0.1) is 0 Å². The van der Waals surface area contributed by atoms with Crippen molar-refractivity contribution in [2.45, 2.75) is 39.8 Å². The number of rotatable bonds is 8. The van der Waals surface area contributed by atoms with Crippen LogP contribution in [0.1, 0.15) is 32.8 Å². The highest BCUT2D eigenvalue weighted by Gasteiger charge is 2.14. The molecule has 1 amide bonds. The van der Waals surface area contributed by atoms with E-state index in [1.165, 1.54) is 0 Å². The number of carbonyl (C=O) groups is 1. The molecule has 0 aromatic heterocycles. The summed E-state index contributed by atoms with van der Waals surface area (Å²) in [6.45, 7) is 7.53. The van der Waals surface area contributed by atoms with Crippen LogP contribution in [0.25, 0.3) is 0 Å². The molecular formula is C16H26N2O2. The number of carbonyl (C=O) groups excluding carboxylic acids is 1. The fourth-order valence-corrected chi connectivity index (χ4v) is 1.82. The van der Waals surface area contributed by atoms with Gasteiger partial charge in [-0.05, 0) is 44.0 Å². The lowest BCUT2D eigenvalue weighted by Crippen LogP contribution is -2.37. The first-order valence-corrected chi connectivity index (χ1v) is 7.20. The Morgan fingerprint density at radius 1 is 1.30 bits per heavy atom. The van der Waals surface area contributed by atoms with Gasteiger partial charge in [0.1, 0.15) is 5.75 Å². The molecule has 20 heavy (non-hydrogen) atoms. The molecule has 0 aliphatic heterocycles. The second kappa shape index (κ2) is 8.59. The zero-order valence-electron chi connectivity index (χ0n) is 12.9. The molecule has 1 aromatic rings. The van der Waals surface area contributed by atoms with Crippen LogP contribution in [0.2, 0.25) is 0 Å². The van der Waals surface area contributed by atoms with Gasteiger partial charge in [0, 0.05) is 13.1 Å². The molecule has 4 heteroatoms. The first-order valence-electron chi connectivity index (χ1n) is 7.20. The van der Waals surface area contributed by atoms with E-state index < -0.39 is 6.10 Å². The third-order valence-electron chi connectivity index (χ3n) is 2.98. The highest BCUT2D eigenvalue weighted by atomic mass is 16.5. The molecule has 0 aliphatic carbocycles. The lowest BCUT2D eigenvalue weighted by molar-refractivity contribution is -0.127. The van der Waals surface area contributed by atoms with Gasteiger partial charge in [0.2, 0.25) is 0 Å². The fraction of sp³-hybridized carbons (Fsp3) is 0.562. The van der Waals surface area contributed by atoms with Crippen molar-refractivity contribution in [2.24, 2.45) is 5.92 Å². The van der Waals surface area contributed by atoms with Gasteiger partial charge in [-0.25, -0.2) is 0 Å². The molecule has 0 saturated carbocycles. The monoisotopic (exact) mass is 278 g/mol. The number of nitrogens with one attached hydrogen (secondary N) is 2. The summed E-state index contributed by atoms with van der Waals surface area (Å²) >= 11 is 0. The summed E-state index contributed by atoms with van der Waals surface area (Å²) in [6.07, 6.45) is 0.503. The van der Waals surface area contributed by atoms with Crippen LogP contribution in [0, 0.1) is 5.92 Å². The molecule has 0 saturated heterocycles. The van der Waals surface area contributed by atoms with Crippen LogP contribution < -0.4 is 15.4 Å². The first-order chi connectivity index (χ1) is 9.52. The number of hydrogen-bond donors (Lipinski definition) is 2. The second-order valence-electron chi connectivity index (χ2n) is 5.41. The maximum Gasteiger partial charge on any atom is 0.260 e. The average Bonchev–Trinajstić information content (AvgIpc) is 2.39. The van der Waals surface area contributed by atoms with Gasteiger partial charge >= 0.3 is 0 Å². The van der Waals surface area contributed by atoms with Gasteiger partial charge < -0.3 is 15.4 Å². The third-order valence-corrected chi connectivity index (χ3v) is 2.98. The van der Waals surface area contributed by atoms with E-state index in [4.69, 9.17) is 4.74 Å².